The summed E-state index contributed by atoms with van der Waals surface area (Å²) >= 11 is 0. The van der Waals surface area contributed by atoms with Gasteiger partial charge in [-0.15, -0.1) is 0 Å². The normalized spacial score (nSPS) is 21.2. The van der Waals surface area contributed by atoms with Crippen molar-refractivity contribution in [1.82, 2.24) is 0 Å². The maximum atomic E-state index is 2.39. The highest BCUT2D eigenvalue weighted by molar-refractivity contribution is 4.75. The van der Waals surface area contributed by atoms with E-state index in [1.54, 1.807) is 0 Å². The zero-order chi connectivity index (χ0) is 8.32. The number of hydrogen-bond acceptors (Lipinski definition) is 0. The fourth-order valence-electron chi connectivity index (χ4n) is 2.15. The maximum absolute atomic E-state index is 2.39. The summed E-state index contributed by atoms with van der Waals surface area (Å²) in [6, 6.07) is 0. The van der Waals surface area contributed by atoms with Gasteiger partial charge in [-0.1, -0.05) is 53.9 Å². The van der Waals surface area contributed by atoms with E-state index in [0.717, 1.165) is 5.92 Å². The average Bonchev–Trinajstić information content (AvgIpc) is 2.10. The summed E-state index contributed by atoms with van der Waals surface area (Å²) in [6.45, 7) is 7.18. The maximum Gasteiger partial charge on any atom is -0.0354 e. The van der Waals surface area contributed by atoms with E-state index in [1.807, 2.05) is 0 Å². The summed E-state index contributed by atoms with van der Waals surface area (Å²) in [5.41, 5.74) is 0.560. The second-order valence-corrected chi connectivity index (χ2v) is 5.05. The lowest BCUT2D eigenvalue weighted by atomic mass is 9.76. The lowest BCUT2D eigenvalue weighted by Gasteiger charge is -2.29. The Morgan fingerprint density at radius 3 is 1.58 bits per heavy atom. The first kappa shape index (κ1) is 12.0. The molecule has 0 unspecified atom stereocenters. The molecule has 0 nitrogen and oxygen atoms in total. The van der Waals surface area contributed by atoms with Crippen LogP contribution in [-0.2, 0) is 0 Å². The van der Waals surface area contributed by atoms with Gasteiger partial charge in [-0.3, -0.25) is 0 Å². The van der Waals surface area contributed by atoms with Crippen LogP contribution in [0.4, 0.5) is 0 Å². The molecular weight excluding hydrogens is 144 g/mol. The van der Waals surface area contributed by atoms with E-state index >= 15 is 0 Å². The van der Waals surface area contributed by atoms with E-state index in [0.29, 0.717) is 5.41 Å². The largest absolute Gasteiger partial charge is 0.0776 e. The molecule has 74 valence electrons. The van der Waals surface area contributed by atoms with E-state index in [4.69, 9.17) is 0 Å². The topological polar surface area (TPSA) is 0 Å². The molecule has 1 aliphatic rings. The first-order valence-electron chi connectivity index (χ1n) is 5.11. The Kier molecular flexibility index (Phi) is 4.89. The predicted octanol–water partition coefficient (Wildman–Crippen LogP) is 4.64. The van der Waals surface area contributed by atoms with E-state index in [-0.39, 0.29) is 7.43 Å². The van der Waals surface area contributed by atoms with Crippen molar-refractivity contribution in [3.63, 3.8) is 0 Å². The van der Waals surface area contributed by atoms with Gasteiger partial charge in [-0.05, 0) is 24.2 Å². The molecule has 0 bridgehead atoms. The van der Waals surface area contributed by atoms with Crippen LogP contribution in [0.5, 0.6) is 0 Å². The summed E-state index contributed by atoms with van der Waals surface area (Å²) in [6.07, 6.45) is 8.86. The van der Waals surface area contributed by atoms with Crippen LogP contribution in [-0.4, -0.2) is 0 Å². The minimum atomic E-state index is 0. The molecule has 0 amide bonds. The van der Waals surface area contributed by atoms with Gasteiger partial charge in [0.2, 0.25) is 0 Å². The molecule has 0 N–H and O–H groups in total. The van der Waals surface area contributed by atoms with Crippen LogP contribution in [0.1, 0.15) is 66.7 Å². The molecule has 0 aliphatic heterocycles. The molecule has 0 aromatic carbocycles. The zero-order valence-electron chi connectivity index (χ0n) is 8.32. The summed E-state index contributed by atoms with van der Waals surface area (Å²) in [4.78, 5) is 0. The quantitative estimate of drug-likeness (QED) is 0.465. The third-order valence-corrected chi connectivity index (χ3v) is 3.08. The van der Waals surface area contributed by atoms with Crippen LogP contribution in [0.25, 0.3) is 0 Å². The second-order valence-electron chi connectivity index (χ2n) is 5.05. The average molecular weight is 170 g/mol. The molecule has 0 aromatic heterocycles. The van der Waals surface area contributed by atoms with Crippen molar-refractivity contribution < 1.29 is 0 Å². The summed E-state index contributed by atoms with van der Waals surface area (Å²) in [5.74, 6) is 0.991. The molecule has 0 atom stereocenters. The van der Waals surface area contributed by atoms with E-state index < -0.39 is 0 Å². The third kappa shape index (κ3) is 3.60. The lowest BCUT2D eigenvalue weighted by molar-refractivity contribution is 0.215. The second kappa shape index (κ2) is 4.89. The monoisotopic (exact) mass is 170 g/mol. The molecule has 1 aliphatic carbocycles. The Morgan fingerprint density at radius 1 is 0.833 bits per heavy atom. The molecular formula is C12H26. The molecule has 0 spiro atoms. The SMILES string of the molecule is C.CC(C)(C)C1CCCCCC1. The Morgan fingerprint density at radius 2 is 1.25 bits per heavy atom. The highest BCUT2D eigenvalue weighted by atomic mass is 14.3. The summed E-state index contributed by atoms with van der Waals surface area (Å²) in [5, 5.41) is 0. The van der Waals surface area contributed by atoms with Crippen molar-refractivity contribution in [2.75, 3.05) is 0 Å². The Balaban J connectivity index is 0.00000121. The van der Waals surface area contributed by atoms with E-state index in [9.17, 15) is 0 Å². The van der Waals surface area contributed by atoms with Crippen LogP contribution in [0.2, 0.25) is 0 Å². The van der Waals surface area contributed by atoms with Crippen LogP contribution >= 0.6 is 0 Å². The predicted molar refractivity (Wildman–Crippen MR) is 57.4 cm³/mol. The highest BCUT2D eigenvalue weighted by Crippen LogP contribution is 2.36. The molecule has 0 aromatic rings. The minimum absolute atomic E-state index is 0. The van der Waals surface area contributed by atoms with E-state index in [2.05, 4.69) is 20.8 Å². The van der Waals surface area contributed by atoms with E-state index in [1.165, 1.54) is 38.5 Å². The van der Waals surface area contributed by atoms with Crippen molar-refractivity contribution in [2.24, 2.45) is 11.3 Å². The fourth-order valence-corrected chi connectivity index (χ4v) is 2.15. The van der Waals surface area contributed by atoms with Gasteiger partial charge in [-0.25, -0.2) is 0 Å². The van der Waals surface area contributed by atoms with Gasteiger partial charge in [0.1, 0.15) is 0 Å². The zero-order valence-corrected chi connectivity index (χ0v) is 8.32. The Bertz CT molecular complexity index is 99.7. The van der Waals surface area contributed by atoms with Crippen molar-refractivity contribution in [3.05, 3.63) is 0 Å². The van der Waals surface area contributed by atoms with Crippen molar-refractivity contribution >= 4 is 0 Å². The molecule has 0 heteroatoms. The standard InChI is InChI=1S/C11H22.CH4/c1-11(2,3)10-8-6-4-5-7-9-10;/h10H,4-9H2,1-3H3;1H4. The first-order chi connectivity index (χ1) is 5.11. The first-order valence-corrected chi connectivity index (χ1v) is 5.11. The Hall–Kier alpha value is 0. The fraction of sp³-hybridized carbons (Fsp3) is 1.00. The molecule has 1 saturated carbocycles. The lowest BCUT2D eigenvalue weighted by Crippen LogP contribution is -2.19. The summed E-state index contributed by atoms with van der Waals surface area (Å²) in [7, 11) is 0. The van der Waals surface area contributed by atoms with Crippen molar-refractivity contribution in [1.29, 1.82) is 0 Å². The molecule has 1 fully saturated rings. The third-order valence-electron chi connectivity index (χ3n) is 3.08. The van der Waals surface area contributed by atoms with Crippen LogP contribution in [0.15, 0.2) is 0 Å². The van der Waals surface area contributed by atoms with Gasteiger partial charge in [0, 0.05) is 0 Å². The molecule has 0 radical (unpaired) electrons. The van der Waals surface area contributed by atoms with Crippen molar-refractivity contribution in [3.8, 4) is 0 Å². The van der Waals surface area contributed by atoms with Gasteiger partial charge in [0.25, 0.3) is 0 Å². The Labute approximate surface area is 78.8 Å². The van der Waals surface area contributed by atoms with Gasteiger partial charge in [0.15, 0.2) is 0 Å². The highest BCUT2D eigenvalue weighted by Gasteiger charge is 2.24. The van der Waals surface area contributed by atoms with Gasteiger partial charge >= 0.3 is 0 Å². The van der Waals surface area contributed by atoms with Crippen LogP contribution < -0.4 is 0 Å². The van der Waals surface area contributed by atoms with Gasteiger partial charge in [0.05, 0.1) is 0 Å². The molecule has 0 heterocycles. The van der Waals surface area contributed by atoms with Gasteiger partial charge < -0.3 is 0 Å². The molecule has 0 saturated heterocycles. The van der Waals surface area contributed by atoms with Gasteiger partial charge in [-0.2, -0.15) is 0 Å². The minimum Gasteiger partial charge on any atom is -0.0776 e. The number of hydrogen-bond donors (Lipinski definition) is 0. The van der Waals surface area contributed by atoms with Crippen LogP contribution in [0, 0.1) is 11.3 Å². The molecule has 12 heavy (non-hydrogen) atoms. The van der Waals surface area contributed by atoms with Crippen LogP contribution in [0.3, 0.4) is 0 Å². The van der Waals surface area contributed by atoms with Crippen molar-refractivity contribution in [2.45, 2.75) is 66.7 Å². The smallest absolute Gasteiger partial charge is 0.0354 e. The summed E-state index contributed by atoms with van der Waals surface area (Å²) < 4.78 is 0. The molecule has 1 rings (SSSR count). The number of rotatable bonds is 0.